The van der Waals surface area contributed by atoms with Crippen molar-refractivity contribution in [3.63, 3.8) is 0 Å². The summed E-state index contributed by atoms with van der Waals surface area (Å²) in [6.07, 6.45) is -3.19. The first-order valence-corrected chi connectivity index (χ1v) is 8.64. The zero-order valence-corrected chi connectivity index (χ0v) is 15.1. The molecule has 2 amide bonds. The number of benzene rings is 2. The molecule has 7 heteroatoms. The third-order valence-corrected chi connectivity index (χ3v) is 4.23. The third kappa shape index (κ3) is 5.32. The number of hydrogen-bond donors (Lipinski definition) is 2. The molecule has 0 saturated carbocycles. The van der Waals surface area contributed by atoms with Crippen molar-refractivity contribution >= 4 is 23.2 Å². The van der Waals surface area contributed by atoms with Gasteiger partial charge in [-0.25, -0.2) is 0 Å². The van der Waals surface area contributed by atoms with E-state index in [1.165, 1.54) is 30.3 Å². The van der Waals surface area contributed by atoms with Crippen LogP contribution in [0.4, 0.5) is 24.5 Å². The quantitative estimate of drug-likeness (QED) is 0.714. The Morgan fingerprint density at radius 3 is 2.26 bits per heavy atom. The molecule has 0 heterocycles. The van der Waals surface area contributed by atoms with E-state index in [4.69, 9.17) is 0 Å². The van der Waals surface area contributed by atoms with Crippen LogP contribution >= 0.6 is 0 Å². The van der Waals surface area contributed by atoms with Crippen molar-refractivity contribution in [3.05, 3.63) is 59.7 Å². The first-order valence-electron chi connectivity index (χ1n) is 8.64. The molecule has 0 aliphatic carbocycles. The summed E-state index contributed by atoms with van der Waals surface area (Å²) in [4.78, 5) is 24.6. The van der Waals surface area contributed by atoms with E-state index in [1.54, 1.807) is 12.1 Å². The molecule has 4 nitrogen and oxygen atoms in total. The Morgan fingerprint density at radius 1 is 0.963 bits per heavy atom. The summed E-state index contributed by atoms with van der Waals surface area (Å²) >= 11 is 0. The van der Waals surface area contributed by atoms with Crippen LogP contribution < -0.4 is 10.6 Å². The molecule has 2 rings (SSSR count). The van der Waals surface area contributed by atoms with Crippen molar-refractivity contribution < 1.29 is 22.8 Å². The lowest BCUT2D eigenvalue weighted by Gasteiger charge is -2.15. The zero-order valence-electron chi connectivity index (χ0n) is 15.1. The maximum absolute atomic E-state index is 13.1. The Labute approximate surface area is 155 Å². The number of anilines is 2. The minimum atomic E-state index is -4.57. The van der Waals surface area contributed by atoms with E-state index in [9.17, 15) is 22.8 Å². The molecule has 0 aliphatic heterocycles. The largest absolute Gasteiger partial charge is 0.418 e. The highest BCUT2D eigenvalue weighted by atomic mass is 19.4. The predicted molar refractivity (Wildman–Crippen MR) is 98.5 cm³/mol. The summed E-state index contributed by atoms with van der Waals surface area (Å²) in [6.45, 7) is 3.82. The standard InChI is InChI=1S/C20H21F3N2O2/c1-3-13(4-2)18(26)24-15-9-7-8-14(12-15)19(27)25-17-11-6-5-10-16(17)20(21,22)23/h5-13H,3-4H2,1-2H3,(H,24,26)(H,25,27). The maximum atomic E-state index is 13.1. The van der Waals surface area contributed by atoms with E-state index >= 15 is 0 Å². The fourth-order valence-corrected chi connectivity index (χ4v) is 2.68. The van der Waals surface area contributed by atoms with Crippen LogP contribution in [0.1, 0.15) is 42.6 Å². The maximum Gasteiger partial charge on any atom is 0.418 e. The van der Waals surface area contributed by atoms with Gasteiger partial charge in [-0.05, 0) is 43.2 Å². The smallest absolute Gasteiger partial charge is 0.326 e. The van der Waals surface area contributed by atoms with Crippen molar-refractivity contribution in [1.29, 1.82) is 0 Å². The average Bonchev–Trinajstić information content (AvgIpc) is 2.62. The third-order valence-electron chi connectivity index (χ3n) is 4.23. The van der Waals surface area contributed by atoms with Crippen molar-refractivity contribution in [2.45, 2.75) is 32.9 Å². The molecule has 144 valence electrons. The molecule has 0 radical (unpaired) electrons. The number of carbonyl (C=O) groups excluding carboxylic acids is 2. The summed E-state index contributed by atoms with van der Waals surface area (Å²) in [7, 11) is 0. The van der Waals surface area contributed by atoms with Gasteiger partial charge in [0.25, 0.3) is 5.91 Å². The fourth-order valence-electron chi connectivity index (χ4n) is 2.68. The number of nitrogens with one attached hydrogen (secondary N) is 2. The van der Waals surface area contributed by atoms with E-state index in [1.807, 2.05) is 13.8 Å². The van der Waals surface area contributed by atoms with Crippen molar-refractivity contribution in [2.75, 3.05) is 10.6 Å². The lowest BCUT2D eigenvalue weighted by molar-refractivity contribution is -0.136. The van der Waals surface area contributed by atoms with E-state index in [0.717, 1.165) is 6.07 Å². The lowest BCUT2D eigenvalue weighted by Crippen LogP contribution is -2.22. The molecule has 0 spiro atoms. The monoisotopic (exact) mass is 378 g/mol. The van der Waals surface area contributed by atoms with Gasteiger partial charge in [-0.1, -0.05) is 32.0 Å². The zero-order chi connectivity index (χ0) is 20.0. The van der Waals surface area contributed by atoms with Crippen LogP contribution in [-0.4, -0.2) is 11.8 Å². The Morgan fingerprint density at radius 2 is 1.63 bits per heavy atom. The first-order chi connectivity index (χ1) is 12.8. The summed E-state index contributed by atoms with van der Waals surface area (Å²) in [5, 5.41) is 5.03. The number of amides is 2. The number of alkyl halides is 3. The van der Waals surface area contributed by atoms with E-state index in [-0.39, 0.29) is 23.1 Å². The van der Waals surface area contributed by atoms with Gasteiger partial charge < -0.3 is 10.6 Å². The van der Waals surface area contributed by atoms with E-state index < -0.39 is 17.6 Å². The summed E-state index contributed by atoms with van der Waals surface area (Å²) in [5.41, 5.74) is -0.670. The van der Waals surface area contributed by atoms with Crippen LogP contribution in [0, 0.1) is 5.92 Å². The molecule has 27 heavy (non-hydrogen) atoms. The molecule has 0 aliphatic rings. The highest BCUT2D eigenvalue weighted by Gasteiger charge is 2.33. The SMILES string of the molecule is CCC(CC)C(=O)Nc1cccc(C(=O)Nc2ccccc2C(F)(F)F)c1. The predicted octanol–water partition coefficient (Wildman–Crippen LogP) is 5.33. The lowest BCUT2D eigenvalue weighted by atomic mass is 10.0. The van der Waals surface area contributed by atoms with Gasteiger partial charge in [0.1, 0.15) is 0 Å². The van der Waals surface area contributed by atoms with Crippen LogP contribution in [0.25, 0.3) is 0 Å². The highest BCUT2D eigenvalue weighted by molar-refractivity contribution is 6.05. The number of halogens is 3. The van der Waals surface area contributed by atoms with Gasteiger partial charge in [-0.2, -0.15) is 13.2 Å². The second kappa shape index (κ2) is 8.70. The number of rotatable bonds is 6. The minimum Gasteiger partial charge on any atom is -0.326 e. The Bertz CT molecular complexity index is 815. The van der Waals surface area contributed by atoms with Crippen LogP contribution in [-0.2, 0) is 11.0 Å². The number of carbonyl (C=O) groups is 2. The van der Waals surface area contributed by atoms with Gasteiger partial charge in [0, 0.05) is 17.2 Å². The van der Waals surface area contributed by atoms with Crippen LogP contribution in [0.15, 0.2) is 48.5 Å². The number of para-hydroxylation sites is 1. The molecule has 0 bridgehead atoms. The number of hydrogen-bond acceptors (Lipinski definition) is 2. The second-order valence-electron chi connectivity index (χ2n) is 6.08. The summed E-state index contributed by atoms with van der Waals surface area (Å²) in [5.74, 6) is -0.980. The fraction of sp³-hybridized carbons (Fsp3) is 0.300. The van der Waals surface area contributed by atoms with Crippen LogP contribution in [0.5, 0.6) is 0 Å². The van der Waals surface area contributed by atoms with Crippen LogP contribution in [0.2, 0.25) is 0 Å². The normalized spacial score (nSPS) is 11.3. The Balaban J connectivity index is 2.18. The van der Waals surface area contributed by atoms with Gasteiger partial charge in [0.15, 0.2) is 0 Å². The first kappa shape index (κ1) is 20.5. The molecule has 0 unspecified atom stereocenters. The topological polar surface area (TPSA) is 58.2 Å². The molecule has 0 saturated heterocycles. The van der Waals surface area contributed by atoms with Gasteiger partial charge in [0.2, 0.25) is 5.91 Å². The van der Waals surface area contributed by atoms with Gasteiger partial charge in [-0.15, -0.1) is 0 Å². The minimum absolute atomic E-state index is 0.138. The van der Waals surface area contributed by atoms with E-state index in [2.05, 4.69) is 10.6 Å². The van der Waals surface area contributed by atoms with Crippen molar-refractivity contribution in [3.8, 4) is 0 Å². The van der Waals surface area contributed by atoms with Gasteiger partial charge >= 0.3 is 6.18 Å². The molecular weight excluding hydrogens is 357 g/mol. The van der Waals surface area contributed by atoms with Crippen molar-refractivity contribution in [2.24, 2.45) is 5.92 Å². The second-order valence-corrected chi connectivity index (χ2v) is 6.08. The van der Waals surface area contributed by atoms with Crippen LogP contribution in [0.3, 0.4) is 0 Å². The molecule has 2 N–H and O–H groups in total. The molecule has 0 atom stereocenters. The average molecular weight is 378 g/mol. The van der Waals surface area contributed by atoms with Crippen molar-refractivity contribution in [1.82, 2.24) is 0 Å². The summed E-state index contributed by atoms with van der Waals surface area (Å²) < 4.78 is 39.2. The molecule has 0 aromatic heterocycles. The highest BCUT2D eigenvalue weighted by Crippen LogP contribution is 2.34. The Hall–Kier alpha value is -2.83. The van der Waals surface area contributed by atoms with Gasteiger partial charge in [-0.3, -0.25) is 9.59 Å². The van der Waals surface area contributed by atoms with E-state index in [0.29, 0.717) is 18.5 Å². The molecule has 2 aromatic carbocycles. The summed E-state index contributed by atoms with van der Waals surface area (Å²) in [6, 6.07) is 10.9. The molecule has 2 aromatic rings. The molecular formula is C20H21F3N2O2. The van der Waals surface area contributed by atoms with Gasteiger partial charge in [0.05, 0.1) is 11.3 Å². The Kier molecular flexibility index (Phi) is 6.60. The molecule has 0 fully saturated rings.